The van der Waals surface area contributed by atoms with Crippen molar-refractivity contribution in [2.75, 3.05) is 13.2 Å². The van der Waals surface area contributed by atoms with Crippen LogP contribution in [0.25, 0.3) is 0 Å². The molecule has 3 heteroatoms. The van der Waals surface area contributed by atoms with Crippen LogP contribution >= 0.6 is 11.8 Å². The van der Waals surface area contributed by atoms with E-state index in [1.54, 1.807) is 0 Å². The third-order valence-electron chi connectivity index (χ3n) is 2.90. The van der Waals surface area contributed by atoms with Gasteiger partial charge in [0.2, 0.25) is 0 Å². The molecule has 2 rings (SSSR count). The quantitative estimate of drug-likeness (QED) is 0.696. The lowest BCUT2D eigenvalue weighted by Crippen LogP contribution is -2.13. The molecule has 2 heterocycles. The molecule has 2 aliphatic heterocycles. The molecule has 1 saturated heterocycles. The minimum atomic E-state index is 0.473. The first-order chi connectivity index (χ1) is 6.35. The zero-order valence-electron chi connectivity index (χ0n) is 8.32. The minimum absolute atomic E-state index is 0.473. The Morgan fingerprint density at radius 2 is 2.23 bits per heavy atom. The van der Waals surface area contributed by atoms with E-state index < -0.39 is 0 Å². The number of aliphatic imine (C=N–C) groups is 1. The molecule has 0 aliphatic carbocycles. The van der Waals surface area contributed by atoms with Crippen molar-refractivity contribution in [2.45, 2.75) is 38.0 Å². The summed E-state index contributed by atoms with van der Waals surface area (Å²) in [5, 5.41) is 2.03. The first kappa shape index (κ1) is 9.53. The second kappa shape index (κ2) is 4.01. The predicted octanol–water partition coefficient (Wildman–Crippen LogP) is 2.34. The standard InChI is InChI=1S/C10H17NOS/c1-3-7(4-2)10-11-8-5-12-6-9(8)13-10/h7-9H,3-6H2,1-2H3. The average molecular weight is 199 g/mol. The van der Waals surface area contributed by atoms with Crippen molar-refractivity contribution in [3.05, 3.63) is 0 Å². The van der Waals surface area contributed by atoms with Crippen LogP contribution in [0.5, 0.6) is 0 Å². The molecule has 1 fully saturated rings. The van der Waals surface area contributed by atoms with Gasteiger partial charge in [-0.25, -0.2) is 0 Å². The summed E-state index contributed by atoms with van der Waals surface area (Å²) < 4.78 is 5.38. The summed E-state index contributed by atoms with van der Waals surface area (Å²) in [6.07, 6.45) is 2.45. The maximum atomic E-state index is 5.38. The smallest absolute Gasteiger partial charge is 0.0887 e. The normalized spacial score (nSPS) is 32.4. The molecule has 0 N–H and O–H groups in total. The number of nitrogens with zero attached hydrogens (tertiary/aromatic N) is 1. The van der Waals surface area contributed by atoms with E-state index in [4.69, 9.17) is 9.73 Å². The Bertz CT molecular complexity index is 213. The van der Waals surface area contributed by atoms with Crippen molar-refractivity contribution in [3.63, 3.8) is 0 Å². The SMILES string of the molecule is CCC(CC)C1=NC2COCC2S1. The van der Waals surface area contributed by atoms with Gasteiger partial charge in [-0.05, 0) is 12.8 Å². The molecule has 0 saturated carbocycles. The Hall–Kier alpha value is -0.0200. The van der Waals surface area contributed by atoms with Crippen LogP contribution in [0.15, 0.2) is 4.99 Å². The zero-order chi connectivity index (χ0) is 9.26. The molecule has 2 aliphatic rings. The van der Waals surface area contributed by atoms with Crippen LogP contribution in [-0.2, 0) is 4.74 Å². The molecule has 2 nitrogen and oxygen atoms in total. The molecule has 0 spiro atoms. The Labute approximate surface area is 84.1 Å². The summed E-state index contributed by atoms with van der Waals surface area (Å²) in [6, 6.07) is 0.473. The van der Waals surface area contributed by atoms with Gasteiger partial charge in [0.05, 0.1) is 29.5 Å². The summed E-state index contributed by atoms with van der Waals surface area (Å²) in [5.74, 6) is 0.704. The van der Waals surface area contributed by atoms with Crippen LogP contribution in [0.1, 0.15) is 26.7 Å². The lowest BCUT2D eigenvalue weighted by Gasteiger charge is -2.12. The lowest BCUT2D eigenvalue weighted by atomic mass is 10.1. The molecular formula is C10H17NOS. The summed E-state index contributed by atoms with van der Waals surface area (Å²) in [4.78, 5) is 4.75. The number of hydrogen-bond acceptors (Lipinski definition) is 3. The fraction of sp³-hybridized carbons (Fsp3) is 0.900. The van der Waals surface area contributed by atoms with Crippen molar-refractivity contribution in [3.8, 4) is 0 Å². The van der Waals surface area contributed by atoms with Crippen LogP contribution in [0.2, 0.25) is 0 Å². The molecule has 0 radical (unpaired) electrons. The van der Waals surface area contributed by atoms with Crippen molar-refractivity contribution >= 4 is 16.8 Å². The summed E-state index contributed by atoms with van der Waals surface area (Å²) in [6.45, 7) is 6.26. The highest BCUT2D eigenvalue weighted by Gasteiger charge is 2.36. The first-order valence-corrected chi connectivity index (χ1v) is 6.05. The van der Waals surface area contributed by atoms with Gasteiger partial charge in [-0.1, -0.05) is 13.8 Å². The lowest BCUT2D eigenvalue weighted by molar-refractivity contribution is 0.195. The van der Waals surface area contributed by atoms with Crippen molar-refractivity contribution in [2.24, 2.45) is 10.9 Å². The van der Waals surface area contributed by atoms with Crippen LogP contribution in [-0.4, -0.2) is 29.5 Å². The van der Waals surface area contributed by atoms with Gasteiger partial charge in [-0.2, -0.15) is 0 Å². The van der Waals surface area contributed by atoms with Crippen LogP contribution in [0.4, 0.5) is 0 Å². The van der Waals surface area contributed by atoms with Gasteiger partial charge < -0.3 is 4.74 Å². The number of ether oxygens (including phenoxy) is 1. The fourth-order valence-corrected chi connectivity index (χ4v) is 3.44. The van der Waals surface area contributed by atoms with Crippen molar-refractivity contribution in [1.82, 2.24) is 0 Å². The van der Waals surface area contributed by atoms with Crippen LogP contribution in [0.3, 0.4) is 0 Å². The first-order valence-electron chi connectivity index (χ1n) is 5.17. The van der Waals surface area contributed by atoms with E-state index in [0.29, 0.717) is 17.2 Å². The van der Waals surface area contributed by atoms with Crippen LogP contribution < -0.4 is 0 Å². The van der Waals surface area contributed by atoms with E-state index in [0.717, 1.165) is 13.2 Å². The van der Waals surface area contributed by atoms with E-state index in [2.05, 4.69) is 13.8 Å². The third kappa shape index (κ3) is 1.77. The average Bonchev–Trinajstić information content (AvgIpc) is 2.65. The Morgan fingerprint density at radius 1 is 1.46 bits per heavy atom. The molecule has 0 aromatic heterocycles. The molecule has 2 atom stereocenters. The Balaban J connectivity index is 2.01. The Kier molecular flexibility index (Phi) is 2.94. The molecule has 74 valence electrons. The highest BCUT2D eigenvalue weighted by molar-refractivity contribution is 8.14. The number of hydrogen-bond donors (Lipinski definition) is 0. The van der Waals surface area contributed by atoms with Gasteiger partial charge in [0.1, 0.15) is 0 Å². The second-order valence-corrected chi connectivity index (χ2v) is 5.00. The summed E-state index contributed by atoms with van der Waals surface area (Å²) >= 11 is 1.96. The minimum Gasteiger partial charge on any atom is -0.378 e. The van der Waals surface area contributed by atoms with Crippen molar-refractivity contribution in [1.29, 1.82) is 0 Å². The maximum absolute atomic E-state index is 5.38. The van der Waals surface area contributed by atoms with E-state index in [9.17, 15) is 0 Å². The zero-order valence-corrected chi connectivity index (χ0v) is 9.14. The largest absolute Gasteiger partial charge is 0.378 e. The third-order valence-corrected chi connectivity index (χ3v) is 4.33. The van der Waals surface area contributed by atoms with Gasteiger partial charge in [-0.3, -0.25) is 4.99 Å². The topological polar surface area (TPSA) is 21.6 Å². The molecular weight excluding hydrogens is 182 g/mol. The summed E-state index contributed by atoms with van der Waals surface area (Å²) in [5.41, 5.74) is 0. The Morgan fingerprint density at radius 3 is 2.85 bits per heavy atom. The number of fused-ring (bicyclic) bond motifs is 1. The number of rotatable bonds is 3. The van der Waals surface area contributed by atoms with E-state index >= 15 is 0 Å². The second-order valence-electron chi connectivity index (χ2n) is 3.74. The van der Waals surface area contributed by atoms with Gasteiger partial charge in [0.25, 0.3) is 0 Å². The predicted molar refractivity (Wildman–Crippen MR) is 57.5 cm³/mol. The molecule has 0 aromatic carbocycles. The highest BCUT2D eigenvalue weighted by Crippen LogP contribution is 2.35. The van der Waals surface area contributed by atoms with E-state index in [1.807, 2.05) is 11.8 Å². The molecule has 0 amide bonds. The summed E-state index contributed by atoms with van der Waals surface area (Å²) in [7, 11) is 0. The van der Waals surface area contributed by atoms with Gasteiger partial charge >= 0.3 is 0 Å². The van der Waals surface area contributed by atoms with Gasteiger partial charge in [-0.15, -0.1) is 11.8 Å². The monoisotopic (exact) mass is 199 g/mol. The van der Waals surface area contributed by atoms with Gasteiger partial charge in [0, 0.05) is 5.92 Å². The van der Waals surface area contributed by atoms with Crippen molar-refractivity contribution < 1.29 is 4.74 Å². The maximum Gasteiger partial charge on any atom is 0.0887 e. The van der Waals surface area contributed by atoms with E-state index in [-0.39, 0.29) is 0 Å². The number of thioether (sulfide) groups is 1. The fourth-order valence-electron chi connectivity index (χ4n) is 1.94. The molecule has 0 aromatic rings. The molecule has 2 unspecified atom stereocenters. The molecule has 0 bridgehead atoms. The van der Waals surface area contributed by atoms with Gasteiger partial charge in [0.15, 0.2) is 0 Å². The highest BCUT2D eigenvalue weighted by atomic mass is 32.2. The van der Waals surface area contributed by atoms with E-state index in [1.165, 1.54) is 17.9 Å². The molecule has 13 heavy (non-hydrogen) atoms. The van der Waals surface area contributed by atoms with Crippen LogP contribution in [0, 0.1) is 5.92 Å².